The van der Waals surface area contributed by atoms with Crippen LogP contribution in [0.3, 0.4) is 0 Å². The zero-order chi connectivity index (χ0) is 11.3. The largest absolute Gasteiger partial charge is 0.539 e. The number of carbonyl (C=O) groups excluding carboxylic acids is 1. The number of benzene rings is 1. The number of hydrogen-bond donors (Lipinski definition) is 1. The van der Waals surface area contributed by atoms with Crippen LogP contribution < -0.4 is 9.39 Å². The van der Waals surface area contributed by atoms with E-state index in [0.29, 0.717) is 17.1 Å². The van der Waals surface area contributed by atoms with E-state index in [1.807, 2.05) is 0 Å². The topological polar surface area (TPSA) is 65.0 Å². The van der Waals surface area contributed by atoms with E-state index in [4.69, 9.17) is 14.4 Å². The van der Waals surface area contributed by atoms with Gasteiger partial charge in [-0.3, -0.25) is 0 Å². The van der Waals surface area contributed by atoms with Crippen LogP contribution in [0.2, 0.25) is 0 Å². The molecule has 0 radical (unpaired) electrons. The van der Waals surface area contributed by atoms with Crippen LogP contribution in [0.15, 0.2) is 18.2 Å². The molecular weight excluding hydrogens is 199 g/mol. The van der Waals surface area contributed by atoms with Gasteiger partial charge in [0.25, 0.3) is 0 Å². The summed E-state index contributed by atoms with van der Waals surface area (Å²) in [6.07, 6.45) is 0. The predicted molar refractivity (Wildman–Crippen MR) is 54.3 cm³/mol. The van der Waals surface area contributed by atoms with Gasteiger partial charge >= 0.3 is 13.7 Å². The average Bonchev–Trinajstić information content (AvgIpc) is 2.28. The van der Waals surface area contributed by atoms with Crippen molar-refractivity contribution in [2.24, 2.45) is 0 Å². The van der Waals surface area contributed by atoms with E-state index in [2.05, 4.69) is 4.74 Å². The third-order valence-corrected chi connectivity index (χ3v) is 1.81. The highest BCUT2D eigenvalue weighted by molar-refractivity contribution is 6.17. The predicted octanol–water partition coefficient (Wildman–Crippen LogP) is 0.119. The maximum Gasteiger partial charge on any atom is 0.504 e. The second kappa shape index (κ2) is 5.26. The third-order valence-electron chi connectivity index (χ3n) is 1.81. The van der Waals surface area contributed by atoms with Crippen LogP contribution in [0, 0.1) is 0 Å². The smallest absolute Gasteiger partial charge is 0.504 e. The third kappa shape index (κ3) is 2.63. The molecule has 0 aromatic heterocycles. The normalized spacial score (nSPS) is 9.27. The Bertz CT molecular complexity index is 352. The van der Waals surface area contributed by atoms with Crippen molar-refractivity contribution in [1.29, 1.82) is 0 Å². The molecule has 0 unspecified atom stereocenters. The minimum absolute atomic E-state index is 0.310. The summed E-state index contributed by atoms with van der Waals surface area (Å²) in [5.74, 6) is 0.275. The summed E-state index contributed by atoms with van der Waals surface area (Å²) >= 11 is 0. The van der Waals surface area contributed by atoms with E-state index >= 15 is 0 Å². The first kappa shape index (κ1) is 11.4. The summed E-state index contributed by atoms with van der Waals surface area (Å²) in [6, 6.07) is 4.56. The van der Waals surface area contributed by atoms with Gasteiger partial charge in [-0.2, -0.15) is 0 Å². The molecule has 1 N–H and O–H groups in total. The highest BCUT2D eigenvalue weighted by atomic mass is 16.5. The molecule has 0 bridgehead atoms. The van der Waals surface area contributed by atoms with Crippen LogP contribution in [0.25, 0.3) is 0 Å². The summed E-state index contributed by atoms with van der Waals surface area (Å²) in [4.78, 5) is 11.3. The van der Waals surface area contributed by atoms with E-state index < -0.39 is 13.7 Å². The summed E-state index contributed by atoms with van der Waals surface area (Å²) in [5, 5.41) is 8.55. The number of methoxy groups -OCH3 is 2. The molecule has 0 atom stereocenters. The van der Waals surface area contributed by atoms with Crippen LogP contribution in [-0.2, 0) is 4.74 Å². The molecule has 0 saturated heterocycles. The van der Waals surface area contributed by atoms with Crippen molar-refractivity contribution >= 4 is 13.7 Å². The SMILES string of the molecule is COC(=O)c1ccc(OBO)cc1OC. The van der Waals surface area contributed by atoms with Crippen molar-refractivity contribution in [3.8, 4) is 11.5 Å². The number of carbonyl (C=O) groups is 1. The van der Waals surface area contributed by atoms with Gasteiger partial charge in [-0.05, 0) is 12.1 Å². The second-order valence-corrected chi connectivity index (χ2v) is 2.63. The summed E-state index contributed by atoms with van der Waals surface area (Å²) in [6.45, 7) is 0. The van der Waals surface area contributed by atoms with Gasteiger partial charge in [-0.15, -0.1) is 0 Å². The molecule has 0 saturated carbocycles. The van der Waals surface area contributed by atoms with Gasteiger partial charge < -0.3 is 19.2 Å². The molecule has 80 valence electrons. The van der Waals surface area contributed by atoms with Crippen LogP contribution in [0.4, 0.5) is 0 Å². The highest BCUT2D eigenvalue weighted by Gasteiger charge is 2.13. The number of rotatable bonds is 4. The zero-order valence-electron chi connectivity index (χ0n) is 8.52. The molecule has 1 aromatic rings. The fourth-order valence-electron chi connectivity index (χ4n) is 1.11. The first-order valence-electron chi connectivity index (χ1n) is 4.23. The molecular formula is C9H11BO5. The Kier molecular flexibility index (Phi) is 3.99. The molecule has 15 heavy (non-hydrogen) atoms. The van der Waals surface area contributed by atoms with Crippen molar-refractivity contribution in [3.63, 3.8) is 0 Å². The van der Waals surface area contributed by atoms with Gasteiger partial charge in [0.05, 0.1) is 14.2 Å². The van der Waals surface area contributed by atoms with Gasteiger partial charge in [0, 0.05) is 6.07 Å². The fraction of sp³-hybridized carbons (Fsp3) is 0.222. The molecule has 5 nitrogen and oxygen atoms in total. The van der Waals surface area contributed by atoms with Crippen LogP contribution in [0.1, 0.15) is 10.4 Å². The minimum atomic E-state index is -0.484. The molecule has 0 spiro atoms. The van der Waals surface area contributed by atoms with E-state index in [9.17, 15) is 4.79 Å². The quantitative estimate of drug-likeness (QED) is 0.564. The first-order valence-corrected chi connectivity index (χ1v) is 4.23. The van der Waals surface area contributed by atoms with Gasteiger partial charge in [-0.1, -0.05) is 0 Å². The van der Waals surface area contributed by atoms with Crippen LogP contribution >= 0.6 is 0 Å². The van der Waals surface area contributed by atoms with E-state index in [-0.39, 0.29) is 0 Å². The zero-order valence-corrected chi connectivity index (χ0v) is 8.52. The number of hydrogen-bond acceptors (Lipinski definition) is 5. The Morgan fingerprint density at radius 3 is 2.67 bits per heavy atom. The number of ether oxygens (including phenoxy) is 2. The molecule has 0 amide bonds. The first-order chi connectivity index (χ1) is 7.22. The Labute approximate surface area is 87.9 Å². The summed E-state index contributed by atoms with van der Waals surface area (Å²) in [7, 11) is 2.30. The number of esters is 1. The molecule has 0 aliphatic rings. The molecule has 1 aromatic carbocycles. The van der Waals surface area contributed by atoms with Gasteiger partial charge in [0.2, 0.25) is 0 Å². The molecule has 1 rings (SSSR count). The van der Waals surface area contributed by atoms with Gasteiger partial charge in [0.1, 0.15) is 17.1 Å². The van der Waals surface area contributed by atoms with Crippen molar-refractivity contribution in [2.45, 2.75) is 0 Å². The fourth-order valence-corrected chi connectivity index (χ4v) is 1.11. The lowest BCUT2D eigenvalue weighted by Crippen LogP contribution is -2.05. The summed E-state index contributed by atoms with van der Waals surface area (Å²) in [5.41, 5.74) is 0.310. The maximum absolute atomic E-state index is 11.3. The standard InChI is InChI=1S/C9H11BO5/c1-13-8-5-6(15-10-12)3-4-7(8)9(11)14-2/h3-5,10,12H,1-2H3. The average molecular weight is 210 g/mol. The van der Waals surface area contributed by atoms with Crippen molar-refractivity contribution in [2.75, 3.05) is 14.2 Å². The molecule has 0 aliphatic heterocycles. The van der Waals surface area contributed by atoms with Crippen LogP contribution in [-0.4, -0.2) is 32.9 Å². The van der Waals surface area contributed by atoms with Crippen LogP contribution in [0.5, 0.6) is 11.5 Å². The Morgan fingerprint density at radius 1 is 1.40 bits per heavy atom. The lowest BCUT2D eigenvalue weighted by atomic mass is 10.2. The van der Waals surface area contributed by atoms with E-state index in [0.717, 1.165) is 0 Å². The lowest BCUT2D eigenvalue weighted by molar-refractivity contribution is 0.0597. The Morgan fingerprint density at radius 2 is 2.13 bits per heavy atom. The molecule has 0 aliphatic carbocycles. The van der Waals surface area contributed by atoms with E-state index in [1.54, 1.807) is 6.07 Å². The highest BCUT2D eigenvalue weighted by Crippen LogP contribution is 2.24. The Hall–Kier alpha value is -1.69. The minimum Gasteiger partial charge on any atom is -0.539 e. The maximum atomic E-state index is 11.3. The van der Waals surface area contributed by atoms with E-state index in [1.165, 1.54) is 26.4 Å². The van der Waals surface area contributed by atoms with Crippen molar-refractivity contribution in [1.82, 2.24) is 0 Å². The summed E-state index contributed by atoms with van der Waals surface area (Å²) < 4.78 is 14.4. The monoisotopic (exact) mass is 210 g/mol. The molecule has 0 heterocycles. The van der Waals surface area contributed by atoms with Crippen molar-refractivity contribution in [3.05, 3.63) is 23.8 Å². The van der Waals surface area contributed by atoms with Gasteiger partial charge in [0.15, 0.2) is 0 Å². The lowest BCUT2D eigenvalue weighted by Gasteiger charge is -2.09. The second-order valence-electron chi connectivity index (χ2n) is 2.63. The van der Waals surface area contributed by atoms with Crippen molar-refractivity contribution < 1.29 is 23.9 Å². The molecule has 0 fully saturated rings. The molecule has 6 heteroatoms. The van der Waals surface area contributed by atoms with Gasteiger partial charge in [-0.25, -0.2) is 4.79 Å². The Balaban J connectivity index is 3.03.